The maximum Gasteiger partial charge on any atom is 0.227 e. The lowest BCUT2D eigenvalue weighted by molar-refractivity contribution is -0.132. The van der Waals surface area contributed by atoms with Crippen molar-refractivity contribution >= 4 is 40.6 Å². The Balaban J connectivity index is 1.43. The second-order valence-corrected chi connectivity index (χ2v) is 7.45. The second-order valence-electron chi connectivity index (χ2n) is 6.63. The van der Waals surface area contributed by atoms with Gasteiger partial charge in [0.05, 0.1) is 16.5 Å². The number of amides is 1. The molecule has 2 aromatic heterocycles. The molecule has 1 fully saturated rings. The summed E-state index contributed by atoms with van der Waals surface area (Å²) in [5.41, 5.74) is 1.57. The van der Waals surface area contributed by atoms with Gasteiger partial charge in [-0.05, 0) is 36.8 Å². The van der Waals surface area contributed by atoms with Gasteiger partial charge in [0.1, 0.15) is 12.1 Å². The van der Waals surface area contributed by atoms with Crippen molar-refractivity contribution in [1.82, 2.24) is 24.7 Å². The molecule has 1 amide bonds. The van der Waals surface area contributed by atoms with Gasteiger partial charge in [0.15, 0.2) is 5.65 Å². The van der Waals surface area contributed by atoms with Crippen LogP contribution in [0, 0.1) is 0 Å². The number of halogens is 2. The quantitative estimate of drug-likeness (QED) is 0.671. The van der Waals surface area contributed by atoms with Gasteiger partial charge < -0.3 is 9.80 Å². The van der Waals surface area contributed by atoms with Crippen molar-refractivity contribution in [2.24, 2.45) is 0 Å². The van der Waals surface area contributed by atoms with Crippen LogP contribution < -0.4 is 4.90 Å². The Kier molecular flexibility index (Phi) is 4.88. The number of hydrogen-bond donors (Lipinski definition) is 0. The topological polar surface area (TPSA) is 66.6 Å². The number of nitrogens with zero attached hydrogens (tertiary/aromatic N) is 6. The van der Waals surface area contributed by atoms with Crippen molar-refractivity contribution in [1.29, 1.82) is 0 Å². The normalized spacial score (nSPS) is 17.5. The number of carbonyl (C=O) groups is 1. The van der Waals surface area contributed by atoms with Crippen molar-refractivity contribution in [3.63, 3.8) is 0 Å². The Morgan fingerprint density at radius 1 is 1.19 bits per heavy atom. The summed E-state index contributed by atoms with van der Waals surface area (Å²) in [5.74, 6) is 0.938. The molecule has 3 heterocycles. The Labute approximate surface area is 166 Å². The zero-order chi connectivity index (χ0) is 19.0. The summed E-state index contributed by atoms with van der Waals surface area (Å²) in [4.78, 5) is 16.8. The SMILES string of the molecule is CC1CN(c2ccc3nncn3n2)CCN1C(=O)Cc1ccc(Cl)c(Cl)c1. The first-order valence-corrected chi connectivity index (χ1v) is 9.42. The van der Waals surface area contributed by atoms with E-state index < -0.39 is 0 Å². The minimum absolute atomic E-state index is 0.0763. The lowest BCUT2D eigenvalue weighted by Crippen LogP contribution is -2.54. The smallest absolute Gasteiger partial charge is 0.227 e. The Morgan fingerprint density at radius 3 is 2.81 bits per heavy atom. The fourth-order valence-corrected chi connectivity index (χ4v) is 3.67. The summed E-state index contributed by atoms with van der Waals surface area (Å²) in [5, 5.41) is 13.3. The molecule has 7 nitrogen and oxygen atoms in total. The minimum Gasteiger partial charge on any atom is -0.351 e. The summed E-state index contributed by atoms with van der Waals surface area (Å²) in [6, 6.07) is 9.21. The molecular weight excluding hydrogens is 387 g/mol. The van der Waals surface area contributed by atoms with Gasteiger partial charge in [0.25, 0.3) is 0 Å². The van der Waals surface area contributed by atoms with Crippen LogP contribution in [0.25, 0.3) is 5.65 Å². The fraction of sp³-hybridized carbons (Fsp3) is 0.333. The summed E-state index contributed by atoms with van der Waals surface area (Å²) in [6.07, 6.45) is 1.89. The highest BCUT2D eigenvalue weighted by Gasteiger charge is 2.28. The van der Waals surface area contributed by atoms with E-state index in [0.717, 1.165) is 17.9 Å². The highest BCUT2D eigenvalue weighted by atomic mass is 35.5. The molecule has 0 saturated carbocycles. The van der Waals surface area contributed by atoms with Crippen LogP contribution in [-0.4, -0.2) is 56.3 Å². The van der Waals surface area contributed by atoms with E-state index in [1.165, 1.54) is 0 Å². The third-order valence-electron chi connectivity index (χ3n) is 4.76. The number of fused-ring (bicyclic) bond motifs is 1. The Bertz CT molecular complexity index is 991. The van der Waals surface area contributed by atoms with Gasteiger partial charge in [-0.15, -0.1) is 15.3 Å². The Morgan fingerprint density at radius 2 is 2.04 bits per heavy atom. The number of rotatable bonds is 3. The van der Waals surface area contributed by atoms with Crippen LogP contribution in [0.5, 0.6) is 0 Å². The van der Waals surface area contributed by atoms with E-state index in [2.05, 4.69) is 27.1 Å². The molecule has 0 N–H and O–H groups in total. The lowest BCUT2D eigenvalue weighted by atomic mass is 10.1. The summed E-state index contributed by atoms with van der Waals surface area (Å²) >= 11 is 12.0. The maximum absolute atomic E-state index is 12.8. The molecule has 0 spiro atoms. The van der Waals surface area contributed by atoms with E-state index in [4.69, 9.17) is 23.2 Å². The molecule has 3 aromatic rings. The predicted molar refractivity (Wildman–Crippen MR) is 104 cm³/mol. The third kappa shape index (κ3) is 3.70. The van der Waals surface area contributed by atoms with Crippen molar-refractivity contribution < 1.29 is 4.79 Å². The summed E-state index contributed by atoms with van der Waals surface area (Å²) < 4.78 is 1.65. The Hall–Kier alpha value is -2.38. The number of aromatic nitrogens is 4. The van der Waals surface area contributed by atoms with E-state index in [-0.39, 0.29) is 11.9 Å². The molecule has 1 atom stereocenters. The van der Waals surface area contributed by atoms with E-state index in [0.29, 0.717) is 35.2 Å². The van der Waals surface area contributed by atoms with Gasteiger partial charge in [-0.3, -0.25) is 4.79 Å². The number of hydrogen-bond acceptors (Lipinski definition) is 5. The first-order chi connectivity index (χ1) is 13.0. The lowest BCUT2D eigenvalue weighted by Gasteiger charge is -2.40. The second kappa shape index (κ2) is 7.32. The molecule has 1 unspecified atom stereocenters. The van der Waals surface area contributed by atoms with Crippen molar-refractivity contribution in [3.8, 4) is 0 Å². The molecule has 0 aliphatic carbocycles. The van der Waals surface area contributed by atoms with Crippen LogP contribution in [0.3, 0.4) is 0 Å². The van der Waals surface area contributed by atoms with Crippen LogP contribution in [0.4, 0.5) is 5.82 Å². The molecule has 1 aliphatic heterocycles. The average molecular weight is 405 g/mol. The van der Waals surface area contributed by atoms with Crippen molar-refractivity contribution in [2.45, 2.75) is 19.4 Å². The number of anilines is 1. The van der Waals surface area contributed by atoms with Gasteiger partial charge in [-0.1, -0.05) is 29.3 Å². The molecule has 9 heteroatoms. The summed E-state index contributed by atoms with van der Waals surface area (Å²) in [6.45, 7) is 4.13. The van der Waals surface area contributed by atoms with Gasteiger partial charge >= 0.3 is 0 Å². The van der Waals surface area contributed by atoms with Crippen LogP contribution >= 0.6 is 23.2 Å². The zero-order valence-electron chi connectivity index (χ0n) is 14.7. The fourth-order valence-electron chi connectivity index (χ4n) is 3.35. The van der Waals surface area contributed by atoms with E-state index >= 15 is 0 Å². The van der Waals surface area contributed by atoms with E-state index in [1.807, 2.05) is 23.1 Å². The van der Waals surface area contributed by atoms with E-state index in [1.54, 1.807) is 23.0 Å². The molecule has 0 bridgehead atoms. The molecule has 4 rings (SSSR count). The summed E-state index contributed by atoms with van der Waals surface area (Å²) in [7, 11) is 0. The van der Waals surface area contributed by atoms with Crippen LogP contribution in [-0.2, 0) is 11.2 Å². The van der Waals surface area contributed by atoms with Gasteiger partial charge in [0, 0.05) is 25.7 Å². The zero-order valence-corrected chi connectivity index (χ0v) is 16.2. The van der Waals surface area contributed by atoms with Crippen LogP contribution in [0.15, 0.2) is 36.7 Å². The monoisotopic (exact) mass is 404 g/mol. The first kappa shape index (κ1) is 18.0. The first-order valence-electron chi connectivity index (χ1n) is 8.66. The molecule has 27 heavy (non-hydrogen) atoms. The van der Waals surface area contributed by atoms with Gasteiger partial charge in [0.2, 0.25) is 5.91 Å². The number of piperazine rings is 1. The third-order valence-corrected chi connectivity index (χ3v) is 5.50. The molecule has 140 valence electrons. The largest absolute Gasteiger partial charge is 0.351 e. The average Bonchev–Trinajstić information content (AvgIpc) is 3.12. The number of carbonyl (C=O) groups excluding carboxylic acids is 1. The molecule has 1 aliphatic rings. The highest BCUT2D eigenvalue weighted by Crippen LogP contribution is 2.24. The molecular formula is C18H18Cl2N6O. The highest BCUT2D eigenvalue weighted by molar-refractivity contribution is 6.42. The standard InChI is InChI=1S/C18H18Cl2N6O/c1-12-10-24(17-5-4-16-22-21-11-26(16)23-17)6-7-25(12)18(27)9-13-2-3-14(19)15(20)8-13/h2-5,8,11-12H,6-7,9-10H2,1H3. The molecule has 0 radical (unpaired) electrons. The van der Waals surface area contributed by atoms with Crippen molar-refractivity contribution in [2.75, 3.05) is 24.5 Å². The van der Waals surface area contributed by atoms with Gasteiger partial charge in [-0.2, -0.15) is 4.52 Å². The van der Waals surface area contributed by atoms with Crippen LogP contribution in [0.1, 0.15) is 12.5 Å². The molecule has 1 aromatic carbocycles. The number of benzene rings is 1. The minimum atomic E-state index is 0.0763. The van der Waals surface area contributed by atoms with E-state index in [9.17, 15) is 4.79 Å². The molecule has 1 saturated heterocycles. The van der Waals surface area contributed by atoms with Gasteiger partial charge in [-0.25, -0.2) is 0 Å². The van der Waals surface area contributed by atoms with Crippen molar-refractivity contribution in [3.05, 3.63) is 52.3 Å². The van der Waals surface area contributed by atoms with Crippen LogP contribution in [0.2, 0.25) is 10.0 Å². The maximum atomic E-state index is 12.8. The predicted octanol–water partition coefficient (Wildman–Crippen LogP) is 2.71.